The van der Waals surface area contributed by atoms with Gasteiger partial charge in [-0.15, -0.1) is 0 Å². The van der Waals surface area contributed by atoms with Crippen molar-refractivity contribution in [2.75, 3.05) is 26.7 Å². The first kappa shape index (κ1) is 11.0. The van der Waals surface area contributed by atoms with E-state index in [0.717, 1.165) is 19.6 Å². The number of hydrogen-bond acceptors (Lipinski definition) is 3. The van der Waals surface area contributed by atoms with Gasteiger partial charge >= 0.3 is 0 Å². The summed E-state index contributed by atoms with van der Waals surface area (Å²) < 4.78 is 0. The van der Waals surface area contributed by atoms with Crippen LogP contribution in [0.1, 0.15) is 20.8 Å². The largest absolute Gasteiger partial charge is 0.390 e. The van der Waals surface area contributed by atoms with E-state index in [1.165, 1.54) is 0 Å². The van der Waals surface area contributed by atoms with E-state index in [-0.39, 0.29) is 11.6 Å². The zero-order valence-electron chi connectivity index (χ0n) is 9.17. The second-order valence-corrected chi connectivity index (χ2v) is 4.67. The fourth-order valence-electron chi connectivity index (χ4n) is 1.69. The smallest absolute Gasteiger partial charge is 0.0793 e. The molecule has 1 aliphatic heterocycles. The monoisotopic (exact) mass is 186 g/mol. The van der Waals surface area contributed by atoms with Crippen LogP contribution in [0, 0.1) is 5.92 Å². The summed E-state index contributed by atoms with van der Waals surface area (Å²) in [5.41, 5.74) is 0.167. The average Bonchev–Trinajstić information content (AvgIpc) is 2.01. The number of likely N-dealkylation sites (tertiary alicyclic amines) is 1. The lowest BCUT2D eigenvalue weighted by atomic mass is 9.87. The van der Waals surface area contributed by atoms with Crippen LogP contribution in [0.5, 0.6) is 0 Å². The molecule has 1 fully saturated rings. The van der Waals surface area contributed by atoms with Gasteiger partial charge in [0, 0.05) is 25.2 Å². The molecule has 1 heterocycles. The third kappa shape index (κ3) is 2.42. The highest BCUT2D eigenvalue weighted by molar-refractivity contribution is 4.92. The van der Waals surface area contributed by atoms with E-state index >= 15 is 0 Å². The van der Waals surface area contributed by atoms with Crippen molar-refractivity contribution in [1.29, 1.82) is 0 Å². The molecule has 0 radical (unpaired) electrons. The molecule has 1 atom stereocenters. The third-order valence-corrected chi connectivity index (χ3v) is 3.34. The first-order chi connectivity index (χ1) is 5.98. The molecule has 3 heteroatoms. The van der Waals surface area contributed by atoms with Gasteiger partial charge in [0.2, 0.25) is 0 Å². The zero-order valence-corrected chi connectivity index (χ0v) is 9.17. The molecule has 1 saturated heterocycles. The Bertz CT molecular complexity index is 166. The van der Waals surface area contributed by atoms with Gasteiger partial charge in [0.1, 0.15) is 0 Å². The minimum atomic E-state index is -0.0896. The normalized spacial score (nSPS) is 24.5. The van der Waals surface area contributed by atoms with Gasteiger partial charge in [0.15, 0.2) is 0 Å². The van der Waals surface area contributed by atoms with Crippen molar-refractivity contribution in [3.63, 3.8) is 0 Å². The highest BCUT2D eigenvalue weighted by atomic mass is 16.3. The maximum Gasteiger partial charge on any atom is 0.0793 e. The number of nitrogens with zero attached hydrogens (tertiary/aromatic N) is 1. The van der Waals surface area contributed by atoms with Crippen LogP contribution in [-0.4, -0.2) is 48.3 Å². The Labute approximate surface area is 81.1 Å². The van der Waals surface area contributed by atoms with Gasteiger partial charge in [0.25, 0.3) is 0 Å². The van der Waals surface area contributed by atoms with Crippen LogP contribution in [0.15, 0.2) is 0 Å². The molecular weight excluding hydrogens is 164 g/mol. The molecule has 13 heavy (non-hydrogen) atoms. The number of β-amino-alcohol motifs (C(OH)–C–C–N with tert-alkyl or cyclic N) is 1. The molecule has 0 spiro atoms. The molecule has 0 saturated carbocycles. The quantitative estimate of drug-likeness (QED) is 0.663. The maximum absolute atomic E-state index is 9.16. The van der Waals surface area contributed by atoms with Crippen molar-refractivity contribution in [1.82, 2.24) is 10.2 Å². The summed E-state index contributed by atoms with van der Waals surface area (Å²) >= 11 is 0. The lowest BCUT2D eigenvalue weighted by Gasteiger charge is -2.44. The van der Waals surface area contributed by atoms with Crippen molar-refractivity contribution < 1.29 is 5.11 Å². The molecule has 0 aliphatic carbocycles. The van der Waals surface area contributed by atoms with Crippen molar-refractivity contribution >= 4 is 0 Å². The van der Waals surface area contributed by atoms with Crippen molar-refractivity contribution in [2.24, 2.45) is 5.92 Å². The number of likely N-dealkylation sites (N-methyl/N-ethyl adjacent to an activating group) is 1. The molecule has 1 rings (SSSR count). The van der Waals surface area contributed by atoms with Crippen molar-refractivity contribution in [2.45, 2.75) is 32.4 Å². The average molecular weight is 186 g/mol. The fraction of sp³-hybridized carbons (Fsp3) is 1.00. The standard InChI is InChI=1S/C10H22N2O/c1-8(2)10(3,11-4)7-12-5-9(13)6-12/h8-9,11,13H,5-7H2,1-4H3. The Morgan fingerprint density at radius 3 is 2.38 bits per heavy atom. The van der Waals surface area contributed by atoms with Gasteiger partial charge in [-0.2, -0.15) is 0 Å². The number of aliphatic hydroxyl groups is 1. The lowest BCUT2D eigenvalue weighted by molar-refractivity contribution is -0.0170. The Balaban J connectivity index is 2.40. The molecular formula is C10H22N2O. The number of hydrogen-bond donors (Lipinski definition) is 2. The predicted octanol–water partition coefficient (Wildman–Crippen LogP) is 0.297. The SMILES string of the molecule is CNC(C)(CN1CC(O)C1)C(C)C. The summed E-state index contributed by atoms with van der Waals surface area (Å²) in [5, 5.41) is 12.5. The molecule has 0 bridgehead atoms. The van der Waals surface area contributed by atoms with Crippen LogP contribution >= 0.6 is 0 Å². The van der Waals surface area contributed by atoms with Gasteiger partial charge < -0.3 is 10.4 Å². The van der Waals surface area contributed by atoms with Gasteiger partial charge in [0.05, 0.1) is 6.10 Å². The molecule has 78 valence electrons. The van der Waals surface area contributed by atoms with Crippen LogP contribution in [-0.2, 0) is 0 Å². The molecule has 2 N–H and O–H groups in total. The van der Waals surface area contributed by atoms with Gasteiger partial charge in [-0.3, -0.25) is 4.90 Å². The van der Waals surface area contributed by atoms with E-state index in [0.29, 0.717) is 5.92 Å². The zero-order chi connectivity index (χ0) is 10.1. The summed E-state index contributed by atoms with van der Waals surface area (Å²) in [6.45, 7) is 9.40. The van der Waals surface area contributed by atoms with Crippen LogP contribution < -0.4 is 5.32 Å². The molecule has 0 aromatic heterocycles. The summed E-state index contributed by atoms with van der Waals surface area (Å²) in [6.07, 6.45) is -0.0896. The minimum absolute atomic E-state index is 0.0896. The molecule has 1 aliphatic rings. The van der Waals surface area contributed by atoms with E-state index in [2.05, 4.69) is 31.0 Å². The van der Waals surface area contributed by atoms with E-state index in [1.807, 2.05) is 7.05 Å². The van der Waals surface area contributed by atoms with E-state index in [4.69, 9.17) is 5.11 Å². The Kier molecular flexibility index (Phi) is 3.33. The van der Waals surface area contributed by atoms with E-state index in [1.54, 1.807) is 0 Å². The Morgan fingerprint density at radius 2 is 2.08 bits per heavy atom. The highest BCUT2D eigenvalue weighted by Crippen LogP contribution is 2.20. The fourth-order valence-corrected chi connectivity index (χ4v) is 1.69. The van der Waals surface area contributed by atoms with Crippen molar-refractivity contribution in [3.05, 3.63) is 0 Å². The predicted molar refractivity (Wildman–Crippen MR) is 54.7 cm³/mol. The molecule has 0 aromatic rings. The van der Waals surface area contributed by atoms with E-state index in [9.17, 15) is 0 Å². The molecule has 1 unspecified atom stereocenters. The lowest BCUT2D eigenvalue weighted by Crippen LogP contribution is -2.60. The number of nitrogens with one attached hydrogen (secondary N) is 1. The Hall–Kier alpha value is -0.120. The topological polar surface area (TPSA) is 35.5 Å². The second-order valence-electron chi connectivity index (χ2n) is 4.67. The first-order valence-corrected chi connectivity index (χ1v) is 5.07. The highest BCUT2D eigenvalue weighted by Gasteiger charge is 2.33. The van der Waals surface area contributed by atoms with Gasteiger partial charge in [-0.25, -0.2) is 0 Å². The van der Waals surface area contributed by atoms with Gasteiger partial charge in [-0.05, 0) is 19.9 Å². The van der Waals surface area contributed by atoms with Crippen LogP contribution in [0.4, 0.5) is 0 Å². The second kappa shape index (κ2) is 3.95. The minimum Gasteiger partial charge on any atom is -0.390 e. The van der Waals surface area contributed by atoms with E-state index < -0.39 is 0 Å². The van der Waals surface area contributed by atoms with Crippen LogP contribution in [0.25, 0.3) is 0 Å². The number of aliphatic hydroxyl groups excluding tert-OH is 1. The number of rotatable bonds is 4. The summed E-state index contributed by atoms with van der Waals surface area (Å²) in [7, 11) is 2.01. The third-order valence-electron chi connectivity index (χ3n) is 3.34. The Morgan fingerprint density at radius 1 is 1.54 bits per heavy atom. The van der Waals surface area contributed by atoms with Crippen molar-refractivity contribution in [3.8, 4) is 0 Å². The summed E-state index contributed by atoms with van der Waals surface area (Å²) in [6, 6.07) is 0. The maximum atomic E-state index is 9.16. The molecule has 3 nitrogen and oxygen atoms in total. The molecule has 0 amide bonds. The summed E-state index contributed by atoms with van der Waals surface area (Å²) in [5.74, 6) is 0.607. The van der Waals surface area contributed by atoms with Crippen LogP contribution in [0.3, 0.4) is 0 Å². The van der Waals surface area contributed by atoms with Crippen LogP contribution in [0.2, 0.25) is 0 Å². The van der Waals surface area contributed by atoms with Gasteiger partial charge in [-0.1, -0.05) is 13.8 Å². The first-order valence-electron chi connectivity index (χ1n) is 5.07. The molecule has 0 aromatic carbocycles. The summed E-state index contributed by atoms with van der Waals surface area (Å²) in [4.78, 5) is 2.29.